The van der Waals surface area contributed by atoms with Gasteiger partial charge in [0.2, 0.25) is 0 Å². The Morgan fingerprint density at radius 1 is 1.31 bits per heavy atom. The standard InChI is InChI=1S/C13H14N2O/c1-2-11(10-6-4-3-5-7-10)12-8-13(16)15-9-14-12/h3-9,11H,2H2,1H3,(H,14,15,16). The molecule has 0 aliphatic carbocycles. The van der Waals surface area contributed by atoms with Crippen LogP contribution in [0.1, 0.15) is 30.5 Å². The van der Waals surface area contributed by atoms with Gasteiger partial charge < -0.3 is 4.98 Å². The van der Waals surface area contributed by atoms with E-state index in [9.17, 15) is 4.79 Å². The van der Waals surface area contributed by atoms with Crippen molar-refractivity contribution in [2.45, 2.75) is 19.3 Å². The molecule has 3 nitrogen and oxygen atoms in total. The number of rotatable bonds is 3. The van der Waals surface area contributed by atoms with Crippen molar-refractivity contribution in [1.82, 2.24) is 9.97 Å². The third-order valence-corrected chi connectivity index (χ3v) is 2.67. The smallest absolute Gasteiger partial charge is 0.250 e. The maximum Gasteiger partial charge on any atom is 0.250 e. The van der Waals surface area contributed by atoms with Gasteiger partial charge in [0.25, 0.3) is 5.56 Å². The van der Waals surface area contributed by atoms with E-state index in [1.165, 1.54) is 11.9 Å². The Kier molecular flexibility index (Phi) is 3.15. The van der Waals surface area contributed by atoms with Crippen molar-refractivity contribution in [1.29, 1.82) is 0 Å². The number of hydrogen-bond donors (Lipinski definition) is 1. The fraction of sp³-hybridized carbons (Fsp3) is 0.231. The number of nitrogens with one attached hydrogen (secondary N) is 1. The summed E-state index contributed by atoms with van der Waals surface area (Å²) >= 11 is 0. The van der Waals surface area contributed by atoms with Gasteiger partial charge in [-0.25, -0.2) is 4.98 Å². The molecule has 3 heteroatoms. The second-order valence-corrected chi connectivity index (χ2v) is 3.71. The average molecular weight is 214 g/mol. The van der Waals surface area contributed by atoms with Gasteiger partial charge >= 0.3 is 0 Å². The Labute approximate surface area is 94.2 Å². The Morgan fingerprint density at radius 2 is 2.06 bits per heavy atom. The molecule has 2 aromatic rings. The van der Waals surface area contributed by atoms with Crippen molar-refractivity contribution < 1.29 is 0 Å². The van der Waals surface area contributed by atoms with Gasteiger partial charge in [-0.3, -0.25) is 4.79 Å². The zero-order valence-corrected chi connectivity index (χ0v) is 9.18. The normalized spacial score (nSPS) is 12.3. The summed E-state index contributed by atoms with van der Waals surface area (Å²) in [5.74, 6) is 0.198. The summed E-state index contributed by atoms with van der Waals surface area (Å²) in [4.78, 5) is 18.0. The minimum Gasteiger partial charge on any atom is -0.313 e. The average Bonchev–Trinajstić information content (AvgIpc) is 2.31. The Morgan fingerprint density at radius 3 is 2.69 bits per heavy atom. The fourth-order valence-electron chi connectivity index (χ4n) is 1.88. The first-order valence-electron chi connectivity index (χ1n) is 5.41. The zero-order chi connectivity index (χ0) is 11.4. The predicted molar refractivity (Wildman–Crippen MR) is 63.4 cm³/mol. The van der Waals surface area contributed by atoms with E-state index in [1.54, 1.807) is 6.07 Å². The lowest BCUT2D eigenvalue weighted by atomic mass is 9.93. The molecule has 1 N–H and O–H groups in total. The van der Waals surface area contributed by atoms with Crippen LogP contribution >= 0.6 is 0 Å². The lowest BCUT2D eigenvalue weighted by molar-refractivity contribution is 0.742. The highest BCUT2D eigenvalue weighted by Crippen LogP contribution is 2.24. The number of benzene rings is 1. The lowest BCUT2D eigenvalue weighted by Crippen LogP contribution is -2.10. The molecule has 1 heterocycles. The number of aromatic nitrogens is 2. The predicted octanol–water partition coefficient (Wildman–Crippen LogP) is 2.31. The van der Waals surface area contributed by atoms with Gasteiger partial charge in [0.1, 0.15) is 0 Å². The van der Waals surface area contributed by atoms with Crippen LogP contribution in [-0.4, -0.2) is 9.97 Å². The molecule has 0 saturated carbocycles. The molecule has 2 rings (SSSR count). The molecule has 82 valence electrons. The highest BCUT2D eigenvalue weighted by atomic mass is 16.1. The van der Waals surface area contributed by atoms with Crippen LogP contribution in [0, 0.1) is 0 Å². The van der Waals surface area contributed by atoms with Crippen molar-refractivity contribution in [3.8, 4) is 0 Å². The second-order valence-electron chi connectivity index (χ2n) is 3.71. The molecule has 0 aliphatic rings. The molecule has 1 unspecified atom stereocenters. The van der Waals surface area contributed by atoms with Crippen LogP contribution in [0.5, 0.6) is 0 Å². The topological polar surface area (TPSA) is 45.8 Å². The summed E-state index contributed by atoms with van der Waals surface area (Å²) in [5.41, 5.74) is 1.93. The molecule has 0 amide bonds. The fourth-order valence-corrected chi connectivity index (χ4v) is 1.88. The molecule has 0 spiro atoms. The highest BCUT2D eigenvalue weighted by Gasteiger charge is 2.13. The summed E-state index contributed by atoms with van der Waals surface area (Å²) in [7, 11) is 0. The molecule has 0 radical (unpaired) electrons. The van der Waals surface area contributed by atoms with E-state index in [2.05, 4.69) is 29.0 Å². The van der Waals surface area contributed by atoms with E-state index in [-0.39, 0.29) is 11.5 Å². The van der Waals surface area contributed by atoms with Gasteiger partial charge in [-0.05, 0) is 12.0 Å². The van der Waals surface area contributed by atoms with E-state index in [0.29, 0.717) is 0 Å². The van der Waals surface area contributed by atoms with Crippen LogP contribution in [-0.2, 0) is 0 Å². The SMILES string of the molecule is CCC(c1ccccc1)c1cc(=O)[nH]cn1. The van der Waals surface area contributed by atoms with E-state index >= 15 is 0 Å². The zero-order valence-electron chi connectivity index (χ0n) is 9.18. The first-order valence-corrected chi connectivity index (χ1v) is 5.41. The summed E-state index contributed by atoms with van der Waals surface area (Å²) in [6.45, 7) is 2.10. The van der Waals surface area contributed by atoms with Crippen molar-refractivity contribution >= 4 is 0 Å². The van der Waals surface area contributed by atoms with Crippen LogP contribution in [0.4, 0.5) is 0 Å². The van der Waals surface area contributed by atoms with Gasteiger partial charge in [-0.2, -0.15) is 0 Å². The second kappa shape index (κ2) is 4.75. The van der Waals surface area contributed by atoms with Crippen LogP contribution in [0.2, 0.25) is 0 Å². The van der Waals surface area contributed by atoms with Crippen molar-refractivity contribution in [2.75, 3.05) is 0 Å². The lowest BCUT2D eigenvalue weighted by Gasteiger charge is -2.13. The van der Waals surface area contributed by atoms with E-state index in [0.717, 1.165) is 12.1 Å². The third kappa shape index (κ3) is 2.19. The highest BCUT2D eigenvalue weighted by molar-refractivity contribution is 5.27. The molecular formula is C13H14N2O. The number of H-pyrrole nitrogens is 1. The van der Waals surface area contributed by atoms with Gasteiger partial charge in [0.15, 0.2) is 0 Å². The van der Waals surface area contributed by atoms with Crippen LogP contribution < -0.4 is 5.56 Å². The maximum atomic E-state index is 11.2. The molecular weight excluding hydrogens is 200 g/mol. The maximum absolute atomic E-state index is 11.2. The van der Waals surface area contributed by atoms with Crippen LogP contribution in [0.3, 0.4) is 0 Å². The first kappa shape index (κ1) is 10.6. The van der Waals surface area contributed by atoms with Gasteiger partial charge in [-0.1, -0.05) is 37.3 Å². The van der Waals surface area contributed by atoms with Crippen molar-refractivity contribution in [3.05, 3.63) is 64.3 Å². The third-order valence-electron chi connectivity index (χ3n) is 2.67. The molecule has 0 aliphatic heterocycles. The first-order chi connectivity index (χ1) is 7.81. The molecule has 0 fully saturated rings. The molecule has 0 bridgehead atoms. The number of hydrogen-bond acceptors (Lipinski definition) is 2. The summed E-state index contributed by atoms with van der Waals surface area (Å²) in [5, 5.41) is 0. The summed E-state index contributed by atoms with van der Waals surface area (Å²) < 4.78 is 0. The van der Waals surface area contributed by atoms with Crippen molar-refractivity contribution in [3.63, 3.8) is 0 Å². The molecule has 1 aromatic heterocycles. The van der Waals surface area contributed by atoms with E-state index in [1.807, 2.05) is 18.2 Å². The molecule has 1 atom stereocenters. The Bertz CT molecular complexity index is 505. The molecule has 0 saturated heterocycles. The Balaban J connectivity index is 2.41. The monoisotopic (exact) mass is 214 g/mol. The minimum absolute atomic E-state index is 0.0978. The van der Waals surface area contributed by atoms with Gasteiger partial charge in [-0.15, -0.1) is 0 Å². The quantitative estimate of drug-likeness (QED) is 0.852. The summed E-state index contributed by atoms with van der Waals surface area (Å²) in [6, 6.07) is 11.7. The van der Waals surface area contributed by atoms with Gasteiger partial charge in [0, 0.05) is 12.0 Å². The molecule has 1 aromatic carbocycles. The molecule has 16 heavy (non-hydrogen) atoms. The summed E-state index contributed by atoms with van der Waals surface area (Å²) in [6.07, 6.45) is 2.39. The van der Waals surface area contributed by atoms with Crippen LogP contribution in [0.15, 0.2) is 47.5 Å². The van der Waals surface area contributed by atoms with Crippen molar-refractivity contribution in [2.24, 2.45) is 0 Å². The number of aromatic amines is 1. The minimum atomic E-state index is -0.0978. The van der Waals surface area contributed by atoms with E-state index < -0.39 is 0 Å². The van der Waals surface area contributed by atoms with Crippen LogP contribution in [0.25, 0.3) is 0 Å². The van der Waals surface area contributed by atoms with Gasteiger partial charge in [0.05, 0.1) is 12.0 Å². The van der Waals surface area contributed by atoms with E-state index in [4.69, 9.17) is 0 Å². The Hall–Kier alpha value is -1.90. The number of nitrogens with zero attached hydrogens (tertiary/aromatic N) is 1. The largest absolute Gasteiger partial charge is 0.313 e.